The molecule has 0 aliphatic carbocycles. The van der Waals surface area contributed by atoms with Crippen LogP contribution < -0.4 is 9.88 Å². The maximum atomic E-state index is 11.6. The highest BCUT2D eigenvalue weighted by atomic mass is 16.5. The number of hydrogen-bond donors (Lipinski definition) is 0. The lowest BCUT2D eigenvalue weighted by Gasteiger charge is -2.35. The lowest BCUT2D eigenvalue weighted by Crippen LogP contribution is -2.50. The molecule has 0 aromatic carbocycles. The van der Waals surface area contributed by atoms with E-state index in [4.69, 9.17) is 4.74 Å². The summed E-state index contributed by atoms with van der Waals surface area (Å²) in [7, 11) is 0. The van der Waals surface area contributed by atoms with Crippen LogP contribution in [0.4, 0.5) is 5.82 Å². The number of amides is 1. The molecule has 1 fully saturated rings. The van der Waals surface area contributed by atoms with E-state index in [2.05, 4.69) is 43.6 Å². The number of nitriles is 1. The van der Waals surface area contributed by atoms with E-state index in [1.54, 1.807) is 6.92 Å². The van der Waals surface area contributed by atoms with Crippen LogP contribution in [0.15, 0.2) is 0 Å². The van der Waals surface area contributed by atoms with Crippen molar-refractivity contribution in [2.45, 2.75) is 59.7 Å². The molecule has 1 amide bonds. The molecule has 0 saturated carbocycles. The molecule has 27 heavy (non-hydrogen) atoms. The molecule has 0 radical (unpaired) electrons. The van der Waals surface area contributed by atoms with Crippen LogP contribution in [-0.4, -0.2) is 42.6 Å². The standard InChI is InChI=1S/C21H30N4O2/c1-14(2)10-19-18-13-27-21(4,5)11-16(18)17(12-22)20(23-19)25-8-6-24(7-9-25)15(3)26/h14H,6-11,13H2,1-5H3/p+1. The number of aromatic amines is 1. The molecular formula is C21H31N4O2+. The summed E-state index contributed by atoms with van der Waals surface area (Å²) >= 11 is 0. The summed E-state index contributed by atoms with van der Waals surface area (Å²) in [4.78, 5) is 19.3. The van der Waals surface area contributed by atoms with E-state index in [-0.39, 0.29) is 11.5 Å². The number of H-pyrrole nitrogens is 1. The molecule has 6 heteroatoms. The number of carbonyl (C=O) groups is 1. The van der Waals surface area contributed by atoms with Gasteiger partial charge in [-0.15, -0.1) is 0 Å². The van der Waals surface area contributed by atoms with E-state index in [0.717, 1.165) is 48.4 Å². The van der Waals surface area contributed by atoms with E-state index in [0.29, 0.717) is 25.6 Å². The number of hydrogen-bond acceptors (Lipinski definition) is 4. The number of fused-ring (bicyclic) bond motifs is 1. The SMILES string of the molecule is CC(=O)N1CCN(c2[nH+]c(CC(C)C)c3c(c2C#N)CC(C)(C)OC3)CC1. The molecule has 0 unspecified atom stereocenters. The molecule has 2 aliphatic rings. The Bertz CT molecular complexity index is 771. The molecule has 3 rings (SSSR count). The van der Waals surface area contributed by atoms with Gasteiger partial charge in [0.15, 0.2) is 0 Å². The Labute approximate surface area is 162 Å². The highest BCUT2D eigenvalue weighted by Crippen LogP contribution is 2.34. The molecule has 3 heterocycles. The maximum Gasteiger partial charge on any atom is 0.293 e. The van der Waals surface area contributed by atoms with Crippen LogP contribution in [0.25, 0.3) is 0 Å². The smallest absolute Gasteiger partial charge is 0.293 e. The van der Waals surface area contributed by atoms with Crippen LogP contribution in [0.2, 0.25) is 0 Å². The molecule has 1 N–H and O–H groups in total. The molecule has 1 aromatic heterocycles. The minimum atomic E-state index is -0.264. The van der Waals surface area contributed by atoms with E-state index in [1.165, 1.54) is 5.69 Å². The zero-order chi connectivity index (χ0) is 19.8. The fourth-order valence-electron chi connectivity index (χ4n) is 4.06. The Balaban J connectivity index is 2.03. The normalized spacial score (nSPS) is 19.0. The van der Waals surface area contributed by atoms with Gasteiger partial charge in [-0.3, -0.25) is 9.69 Å². The average molecular weight is 372 g/mol. The van der Waals surface area contributed by atoms with Crippen LogP contribution >= 0.6 is 0 Å². The van der Waals surface area contributed by atoms with Crippen LogP contribution in [0.1, 0.15) is 57.0 Å². The first-order valence-electron chi connectivity index (χ1n) is 9.86. The fourth-order valence-corrected chi connectivity index (χ4v) is 4.06. The van der Waals surface area contributed by atoms with Gasteiger partial charge in [-0.1, -0.05) is 13.8 Å². The van der Waals surface area contributed by atoms with Gasteiger partial charge in [-0.25, -0.2) is 4.98 Å². The van der Waals surface area contributed by atoms with Gasteiger partial charge in [0.1, 0.15) is 30.4 Å². The number of rotatable bonds is 3. The van der Waals surface area contributed by atoms with Crippen molar-refractivity contribution in [1.29, 1.82) is 5.26 Å². The second-order valence-electron chi connectivity index (χ2n) is 8.71. The van der Waals surface area contributed by atoms with E-state index >= 15 is 0 Å². The monoisotopic (exact) mass is 371 g/mol. The molecule has 1 saturated heterocycles. The highest BCUT2D eigenvalue weighted by Gasteiger charge is 2.36. The zero-order valence-electron chi connectivity index (χ0n) is 17.2. The Morgan fingerprint density at radius 3 is 2.48 bits per heavy atom. The summed E-state index contributed by atoms with van der Waals surface area (Å²) in [6.07, 6.45) is 1.67. The van der Waals surface area contributed by atoms with Gasteiger partial charge >= 0.3 is 0 Å². The van der Waals surface area contributed by atoms with Crippen molar-refractivity contribution in [3.63, 3.8) is 0 Å². The Morgan fingerprint density at radius 1 is 1.26 bits per heavy atom. The molecule has 6 nitrogen and oxygen atoms in total. The van der Waals surface area contributed by atoms with Crippen molar-refractivity contribution in [2.75, 3.05) is 31.1 Å². The summed E-state index contributed by atoms with van der Waals surface area (Å²) in [6.45, 7) is 13.6. The first-order chi connectivity index (χ1) is 12.7. The molecule has 1 aromatic rings. The Morgan fingerprint density at radius 2 is 1.93 bits per heavy atom. The van der Waals surface area contributed by atoms with Crippen molar-refractivity contribution in [3.8, 4) is 6.07 Å². The number of piperazine rings is 1. The van der Waals surface area contributed by atoms with Crippen molar-refractivity contribution in [1.82, 2.24) is 4.90 Å². The van der Waals surface area contributed by atoms with Crippen molar-refractivity contribution >= 4 is 11.7 Å². The van der Waals surface area contributed by atoms with Gasteiger partial charge in [0.2, 0.25) is 5.91 Å². The quantitative estimate of drug-likeness (QED) is 0.816. The third-order valence-electron chi connectivity index (χ3n) is 5.51. The number of anilines is 1. The molecule has 0 spiro atoms. The van der Waals surface area contributed by atoms with Crippen molar-refractivity contribution in [2.24, 2.45) is 5.92 Å². The van der Waals surface area contributed by atoms with E-state index in [1.807, 2.05) is 4.90 Å². The number of carbonyl (C=O) groups excluding carboxylic acids is 1. The van der Waals surface area contributed by atoms with Gasteiger partial charge in [0.25, 0.3) is 5.82 Å². The third-order valence-corrected chi connectivity index (χ3v) is 5.51. The average Bonchev–Trinajstić information content (AvgIpc) is 2.60. The van der Waals surface area contributed by atoms with Crippen molar-refractivity contribution in [3.05, 3.63) is 22.4 Å². The summed E-state index contributed by atoms with van der Waals surface area (Å²) < 4.78 is 6.05. The van der Waals surface area contributed by atoms with Gasteiger partial charge in [0.05, 0.1) is 25.3 Å². The second-order valence-corrected chi connectivity index (χ2v) is 8.71. The lowest BCUT2D eigenvalue weighted by molar-refractivity contribution is -0.379. The summed E-state index contributed by atoms with van der Waals surface area (Å²) in [5.41, 5.74) is 3.95. The molecule has 146 valence electrons. The number of pyridine rings is 1. The number of nitrogens with one attached hydrogen (secondary N) is 1. The topological polar surface area (TPSA) is 70.7 Å². The van der Waals surface area contributed by atoms with Crippen LogP contribution in [0, 0.1) is 17.2 Å². The van der Waals surface area contributed by atoms with Gasteiger partial charge in [-0.2, -0.15) is 5.26 Å². The lowest BCUT2D eigenvalue weighted by atomic mass is 9.86. The van der Waals surface area contributed by atoms with E-state index in [9.17, 15) is 10.1 Å². The van der Waals surface area contributed by atoms with Gasteiger partial charge in [0, 0.05) is 25.3 Å². The molecule has 0 atom stereocenters. The molecule has 0 bridgehead atoms. The summed E-state index contributed by atoms with van der Waals surface area (Å²) in [5, 5.41) is 9.99. The van der Waals surface area contributed by atoms with Gasteiger partial charge in [-0.05, 0) is 25.3 Å². The van der Waals surface area contributed by atoms with E-state index < -0.39 is 0 Å². The van der Waals surface area contributed by atoms with Crippen LogP contribution in [0.5, 0.6) is 0 Å². The summed E-state index contributed by atoms with van der Waals surface area (Å²) in [6, 6.07) is 2.46. The predicted molar refractivity (Wildman–Crippen MR) is 103 cm³/mol. The maximum absolute atomic E-state index is 11.6. The minimum Gasteiger partial charge on any atom is -0.370 e. The molecule has 2 aliphatic heterocycles. The number of aromatic nitrogens is 1. The second kappa shape index (κ2) is 7.47. The zero-order valence-corrected chi connectivity index (χ0v) is 17.2. The third kappa shape index (κ3) is 4.08. The highest BCUT2D eigenvalue weighted by molar-refractivity contribution is 5.73. The predicted octanol–water partition coefficient (Wildman–Crippen LogP) is 2.09. The first kappa shape index (κ1) is 19.6. The fraction of sp³-hybridized carbons (Fsp3) is 0.667. The Kier molecular flexibility index (Phi) is 5.43. The number of ether oxygens (including phenoxy) is 1. The molecular weight excluding hydrogens is 340 g/mol. The van der Waals surface area contributed by atoms with Crippen LogP contribution in [-0.2, 0) is 29.0 Å². The summed E-state index contributed by atoms with van der Waals surface area (Å²) in [5.74, 6) is 1.53. The Hall–Kier alpha value is -2.13. The van der Waals surface area contributed by atoms with Crippen molar-refractivity contribution < 1.29 is 14.5 Å². The van der Waals surface area contributed by atoms with Crippen LogP contribution in [0.3, 0.4) is 0 Å². The largest absolute Gasteiger partial charge is 0.370 e. The minimum absolute atomic E-state index is 0.115. The number of nitrogens with zero attached hydrogens (tertiary/aromatic N) is 3. The first-order valence-corrected chi connectivity index (χ1v) is 9.86. The van der Waals surface area contributed by atoms with Gasteiger partial charge < -0.3 is 9.64 Å².